The molecule has 0 radical (unpaired) electrons. The molecular weight excluding hydrogens is 354 g/mol. The zero-order chi connectivity index (χ0) is 20.5. The maximum Gasteiger partial charge on any atom is 0.279 e. The highest BCUT2D eigenvalue weighted by Crippen LogP contribution is 2.16. The van der Waals surface area contributed by atoms with Gasteiger partial charge in [0.15, 0.2) is 13.1 Å². The first-order valence-electron chi connectivity index (χ1n) is 9.47. The summed E-state index contributed by atoms with van der Waals surface area (Å²) < 4.78 is 5.16. The summed E-state index contributed by atoms with van der Waals surface area (Å²) in [5.41, 5.74) is 1.77. The topological polar surface area (TPSA) is 63.1 Å². The van der Waals surface area contributed by atoms with Crippen LogP contribution in [0.2, 0.25) is 0 Å². The fourth-order valence-corrected chi connectivity index (χ4v) is 2.94. The van der Waals surface area contributed by atoms with E-state index in [2.05, 4.69) is 5.32 Å². The molecule has 0 aromatic heterocycles. The van der Waals surface area contributed by atoms with Crippen molar-refractivity contribution in [2.24, 2.45) is 0 Å². The molecule has 1 atom stereocenters. The van der Waals surface area contributed by atoms with E-state index >= 15 is 0 Å². The van der Waals surface area contributed by atoms with Crippen molar-refractivity contribution in [2.75, 3.05) is 32.6 Å². The van der Waals surface area contributed by atoms with Gasteiger partial charge < -0.3 is 19.9 Å². The fraction of sp³-hybridized carbons (Fsp3) is 0.364. The van der Waals surface area contributed by atoms with E-state index in [1.807, 2.05) is 68.3 Å². The van der Waals surface area contributed by atoms with Gasteiger partial charge in [-0.15, -0.1) is 0 Å². The van der Waals surface area contributed by atoms with Gasteiger partial charge in [0, 0.05) is 24.3 Å². The molecule has 2 aromatic carbocycles. The molecule has 1 unspecified atom stereocenters. The number of amides is 2. The van der Waals surface area contributed by atoms with Gasteiger partial charge in [0.05, 0.1) is 14.2 Å². The summed E-state index contributed by atoms with van der Waals surface area (Å²) in [4.78, 5) is 27.8. The quantitative estimate of drug-likeness (QED) is 0.690. The minimum atomic E-state index is -0.141. The van der Waals surface area contributed by atoms with Gasteiger partial charge in [0.1, 0.15) is 5.75 Å². The smallest absolute Gasteiger partial charge is 0.279 e. The third-order valence-electron chi connectivity index (χ3n) is 4.41. The number of hydrogen-bond acceptors (Lipinski definition) is 3. The maximum atomic E-state index is 12.8. The summed E-state index contributed by atoms with van der Waals surface area (Å²) in [6.07, 6.45) is 0. The number of benzene rings is 2. The number of methoxy groups -OCH3 is 1. The number of nitrogens with zero attached hydrogens (tertiary/aromatic N) is 1. The van der Waals surface area contributed by atoms with Crippen LogP contribution in [0.15, 0.2) is 54.6 Å². The molecule has 0 fully saturated rings. The van der Waals surface area contributed by atoms with Crippen molar-refractivity contribution in [2.45, 2.75) is 26.4 Å². The lowest BCUT2D eigenvalue weighted by Crippen LogP contribution is -3.11. The second-order valence-corrected chi connectivity index (χ2v) is 7.19. The second kappa shape index (κ2) is 10.5. The molecule has 2 aromatic rings. The van der Waals surface area contributed by atoms with Crippen LogP contribution < -0.4 is 15.0 Å². The van der Waals surface area contributed by atoms with E-state index in [4.69, 9.17) is 4.74 Å². The number of carbonyl (C=O) groups is 2. The van der Waals surface area contributed by atoms with Gasteiger partial charge in [0.2, 0.25) is 0 Å². The highest BCUT2D eigenvalue weighted by atomic mass is 16.5. The average molecular weight is 385 g/mol. The van der Waals surface area contributed by atoms with E-state index in [0.29, 0.717) is 18.0 Å². The predicted molar refractivity (Wildman–Crippen MR) is 110 cm³/mol. The van der Waals surface area contributed by atoms with Crippen molar-refractivity contribution in [1.82, 2.24) is 4.90 Å². The molecule has 2 amide bonds. The lowest BCUT2D eigenvalue weighted by atomic mass is 10.2. The molecule has 28 heavy (non-hydrogen) atoms. The van der Waals surface area contributed by atoms with Gasteiger partial charge in [-0.05, 0) is 31.5 Å². The summed E-state index contributed by atoms with van der Waals surface area (Å²) in [5.74, 6) is 0.574. The largest absolute Gasteiger partial charge is 0.497 e. The Morgan fingerprint density at radius 3 is 2.43 bits per heavy atom. The Morgan fingerprint density at radius 2 is 1.79 bits per heavy atom. The van der Waals surface area contributed by atoms with Crippen molar-refractivity contribution in [1.29, 1.82) is 0 Å². The van der Waals surface area contributed by atoms with Crippen LogP contribution >= 0.6 is 0 Å². The Labute approximate surface area is 167 Å². The third kappa shape index (κ3) is 6.70. The first-order valence-corrected chi connectivity index (χ1v) is 9.47. The molecule has 0 heterocycles. The van der Waals surface area contributed by atoms with Gasteiger partial charge >= 0.3 is 0 Å². The number of nitrogens with one attached hydrogen (secondary N) is 2. The second-order valence-electron chi connectivity index (χ2n) is 7.19. The number of ether oxygens (including phenoxy) is 1. The number of rotatable bonds is 9. The van der Waals surface area contributed by atoms with Crippen LogP contribution in [0.25, 0.3) is 0 Å². The first kappa shape index (κ1) is 21.4. The maximum absolute atomic E-state index is 12.8. The van der Waals surface area contributed by atoms with Crippen LogP contribution in [0.3, 0.4) is 0 Å². The zero-order valence-electron chi connectivity index (χ0n) is 17.1. The van der Waals surface area contributed by atoms with Crippen LogP contribution in [0.5, 0.6) is 5.75 Å². The summed E-state index contributed by atoms with van der Waals surface area (Å²) in [7, 11) is 3.43. The summed E-state index contributed by atoms with van der Waals surface area (Å²) in [6, 6.07) is 17.2. The highest BCUT2D eigenvalue weighted by molar-refractivity contribution is 5.91. The predicted octanol–water partition coefficient (Wildman–Crippen LogP) is 1.59. The molecule has 6 nitrogen and oxygen atoms in total. The normalized spacial score (nSPS) is 11.8. The Hall–Kier alpha value is -2.86. The lowest BCUT2D eigenvalue weighted by molar-refractivity contribution is -0.862. The van der Waals surface area contributed by atoms with E-state index in [1.54, 1.807) is 19.2 Å². The van der Waals surface area contributed by atoms with Crippen molar-refractivity contribution < 1.29 is 19.2 Å². The molecular formula is C22H30N3O3+. The Balaban J connectivity index is 1.89. The van der Waals surface area contributed by atoms with Crippen molar-refractivity contribution >= 4 is 17.5 Å². The molecule has 0 saturated heterocycles. The van der Waals surface area contributed by atoms with Crippen LogP contribution in [0, 0.1) is 0 Å². The number of hydrogen-bond donors (Lipinski definition) is 2. The number of anilines is 1. The van der Waals surface area contributed by atoms with E-state index in [-0.39, 0.29) is 30.9 Å². The summed E-state index contributed by atoms with van der Waals surface area (Å²) >= 11 is 0. The molecule has 2 N–H and O–H groups in total. The Bertz CT molecular complexity index is 778. The molecule has 0 bridgehead atoms. The minimum absolute atomic E-state index is 0.0329. The monoisotopic (exact) mass is 384 g/mol. The van der Waals surface area contributed by atoms with Gasteiger partial charge in [-0.2, -0.15) is 0 Å². The van der Waals surface area contributed by atoms with Crippen molar-refractivity contribution in [3.8, 4) is 5.75 Å². The fourth-order valence-electron chi connectivity index (χ4n) is 2.94. The van der Waals surface area contributed by atoms with E-state index in [0.717, 1.165) is 10.5 Å². The van der Waals surface area contributed by atoms with Crippen LogP contribution in [-0.2, 0) is 16.1 Å². The Kier molecular flexibility index (Phi) is 8.02. The van der Waals surface area contributed by atoms with Gasteiger partial charge in [-0.3, -0.25) is 9.59 Å². The SMILES string of the molecule is COc1cccc(NC(=O)C[NH+](C)CC(=O)N(Cc2ccccc2)C(C)C)c1. The lowest BCUT2D eigenvalue weighted by Gasteiger charge is -2.27. The van der Waals surface area contributed by atoms with Gasteiger partial charge in [0.25, 0.3) is 11.8 Å². The summed E-state index contributed by atoms with van der Waals surface area (Å²) in [6.45, 7) is 5.05. The van der Waals surface area contributed by atoms with E-state index in [1.165, 1.54) is 0 Å². The van der Waals surface area contributed by atoms with Gasteiger partial charge in [-0.1, -0.05) is 36.4 Å². The number of quaternary nitrogens is 1. The Morgan fingerprint density at radius 1 is 1.07 bits per heavy atom. The first-order chi connectivity index (χ1) is 13.4. The van der Waals surface area contributed by atoms with Crippen LogP contribution in [-0.4, -0.2) is 50.0 Å². The molecule has 150 valence electrons. The van der Waals surface area contributed by atoms with Crippen molar-refractivity contribution in [3.63, 3.8) is 0 Å². The van der Waals surface area contributed by atoms with Crippen LogP contribution in [0.1, 0.15) is 19.4 Å². The molecule has 0 spiro atoms. The molecule has 0 aliphatic carbocycles. The molecule has 2 rings (SSSR count). The molecule has 0 saturated carbocycles. The molecule has 0 aliphatic heterocycles. The van der Waals surface area contributed by atoms with Gasteiger partial charge in [-0.25, -0.2) is 0 Å². The highest BCUT2D eigenvalue weighted by Gasteiger charge is 2.22. The number of carbonyl (C=O) groups excluding carboxylic acids is 2. The zero-order valence-corrected chi connectivity index (χ0v) is 17.1. The van der Waals surface area contributed by atoms with Crippen LogP contribution in [0.4, 0.5) is 5.69 Å². The summed E-state index contributed by atoms with van der Waals surface area (Å²) in [5, 5.41) is 2.85. The van der Waals surface area contributed by atoms with E-state index in [9.17, 15) is 9.59 Å². The molecule has 0 aliphatic rings. The number of likely N-dealkylation sites (N-methyl/N-ethyl adjacent to an activating group) is 1. The van der Waals surface area contributed by atoms with E-state index < -0.39 is 0 Å². The standard InChI is InChI=1S/C22H29N3O3/c1-17(2)25(14-18-9-6-5-7-10-18)22(27)16-24(3)15-21(26)23-19-11-8-12-20(13-19)28-4/h5-13,17H,14-16H2,1-4H3,(H,23,26)/p+1. The minimum Gasteiger partial charge on any atom is -0.497 e. The average Bonchev–Trinajstić information content (AvgIpc) is 2.66. The van der Waals surface area contributed by atoms with Crippen molar-refractivity contribution in [3.05, 3.63) is 60.2 Å². The molecule has 6 heteroatoms. The third-order valence-corrected chi connectivity index (χ3v) is 4.41.